The molecule has 0 radical (unpaired) electrons. The van der Waals surface area contributed by atoms with Crippen molar-refractivity contribution in [1.82, 2.24) is 15.3 Å². The summed E-state index contributed by atoms with van der Waals surface area (Å²) < 4.78 is 5.71. The third kappa shape index (κ3) is 3.23. The number of fused-ring (bicyclic) bond motifs is 1. The minimum absolute atomic E-state index is 0.0222. The Kier molecular flexibility index (Phi) is 5.02. The van der Waals surface area contributed by atoms with Crippen LogP contribution in [-0.4, -0.2) is 35.5 Å². The minimum Gasteiger partial charge on any atom is -0.443 e. The fourth-order valence-electron chi connectivity index (χ4n) is 3.32. The first kappa shape index (κ1) is 16.7. The molecule has 0 aromatic carbocycles. The molecule has 6 heteroatoms. The molecule has 1 aliphatic rings. The number of carbonyl (C=O) groups excluding carboxylic acids is 1. The summed E-state index contributed by atoms with van der Waals surface area (Å²) >= 11 is 0. The molecule has 3 rings (SSSR count). The van der Waals surface area contributed by atoms with Gasteiger partial charge in [-0.2, -0.15) is 0 Å². The Balaban J connectivity index is 1.79. The highest BCUT2D eigenvalue weighted by Gasteiger charge is 2.28. The fraction of sp³-hybridized carbons (Fsp3) is 0.611. The van der Waals surface area contributed by atoms with E-state index in [0.717, 1.165) is 61.3 Å². The van der Waals surface area contributed by atoms with Crippen LogP contribution in [0.4, 0.5) is 5.82 Å². The average molecular weight is 330 g/mol. The molecule has 1 N–H and O–H groups in total. The zero-order valence-corrected chi connectivity index (χ0v) is 14.8. The van der Waals surface area contributed by atoms with Crippen LogP contribution in [-0.2, 0) is 4.79 Å². The maximum absolute atomic E-state index is 12.4. The van der Waals surface area contributed by atoms with Gasteiger partial charge in [-0.05, 0) is 33.1 Å². The third-order valence-corrected chi connectivity index (χ3v) is 4.87. The van der Waals surface area contributed by atoms with E-state index in [1.807, 2.05) is 13.8 Å². The van der Waals surface area contributed by atoms with E-state index in [2.05, 4.69) is 27.1 Å². The molecule has 0 saturated carbocycles. The van der Waals surface area contributed by atoms with Crippen LogP contribution in [0.1, 0.15) is 43.9 Å². The normalized spacial score (nSPS) is 18.1. The second-order valence-corrected chi connectivity index (χ2v) is 6.59. The summed E-state index contributed by atoms with van der Waals surface area (Å²) in [6.45, 7) is 8.49. The van der Waals surface area contributed by atoms with E-state index >= 15 is 0 Å². The van der Waals surface area contributed by atoms with Gasteiger partial charge in [0.2, 0.25) is 11.6 Å². The maximum Gasteiger partial charge on any atom is 0.231 e. The number of carbonyl (C=O) groups is 1. The number of unbranched alkanes of at least 4 members (excludes halogenated alkanes) is 1. The van der Waals surface area contributed by atoms with Crippen molar-refractivity contribution in [3.8, 4) is 0 Å². The zero-order chi connectivity index (χ0) is 17.1. The second kappa shape index (κ2) is 7.20. The van der Waals surface area contributed by atoms with Gasteiger partial charge in [0.05, 0.1) is 11.3 Å². The second-order valence-electron chi connectivity index (χ2n) is 6.59. The molecule has 1 unspecified atom stereocenters. The van der Waals surface area contributed by atoms with Gasteiger partial charge in [-0.3, -0.25) is 4.79 Å². The summed E-state index contributed by atoms with van der Waals surface area (Å²) in [5, 5.41) is 4.04. The Morgan fingerprint density at radius 3 is 3.04 bits per heavy atom. The number of nitrogens with zero attached hydrogens (tertiary/aromatic N) is 3. The van der Waals surface area contributed by atoms with Gasteiger partial charge in [-0.1, -0.05) is 13.3 Å². The quantitative estimate of drug-likeness (QED) is 0.853. The van der Waals surface area contributed by atoms with Crippen LogP contribution in [0.15, 0.2) is 10.7 Å². The number of aryl methyl sites for hydroxylation is 2. The zero-order valence-electron chi connectivity index (χ0n) is 14.8. The molecule has 0 aliphatic carbocycles. The van der Waals surface area contributed by atoms with Crippen molar-refractivity contribution in [3.05, 3.63) is 17.7 Å². The molecule has 6 nitrogen and oxygen atoms in total. The van der Waals surface area contributed by atoms with Gasteiger partial charge in [-0.15, -0.1) is 0 Å². The Morgan fingerprint density at radius 2 is 2.25 bits per heavy atom. The van der Waals surface area contributed by atoms with E-state index in [9.17, 15) is 4.79 Å². The molecule has 0 spiro atoms. The molecule has 1 saturated heterocycles. The van der Waals surface area contributed by atoms with Crippen LogP contribution in [0.2, 0.25) is 0 Å². The Bertz CT molecular complexity index is 725. The van der Waals surface area contributed by atoms with Crippen LogP contribution >= 0.6 is 0 Å². The van der Waals surface area contributed by atoms with Crippen molar-refractivity contribution in [2.75, 3.05) is 24.5 Å². The number of hydrogen-bond donors (Lipinski definition) is 1. The van der Waals surface area contributed by atoms with E-state index in [-0.39, 0.29) is 11.8 Å². The maximum atomic E-state index is 12.4. The number of anilines is 1. The minimum atomic E-state index is 0.0222. The van der Waals surface area contributed by atoms with Gasteiger partial charge in [0, 0.05) is 25.2 Å². The van der Waals surface area contributed by atoms with Crippen LogP contribution in [0.25, 0.3) is 11.1 Å². The first-order chi connectivity index (χ1) is 11.6. The number of hydrogen-bond acceptors (Lipinski definition) is 5. The van der Waals surface area contributed by atoms with Crippen LogP contribution in [0.3, 0.4) is 0 Å². The first-order valence-electron chi connectivity index (χ1n) is 8.85. The van der Waals surface area contributed by atoms with Crippen LogP contribution < -0.4 is 10.2 Å². The average Bonchev–Trinajstić information content (AvgIpc) is 2.89. The summed E-state index contributed by atoms with van der Waals surface area (Å²) in [5.41, 5.74) is 1.71. The molecular formula is C18H26N4O2. The smallest absolute Gasteiger partial charge is 0.231 e. The number of nitrogens with one attached hydrogen (secondary N) is 1. The predicted molar refractivity (Wildman–Crippen MR) is 94.1 cm³/mol. The van der Waals surface area contributed by atoms with Crippen molar-refractivity contribution >= 4 is 22.8 Å². The van der Waals surface area contributed by atoms with Crippen LogP contribution in [0, 0.1) is 19.8 Å². The SMILES string of the molecule is CCCCNC(=O)C1CCCN(c2ncnc3oc(C)c(C)c23)C1. The number of aromatic nitrogens is 2. The summed E-state index contributed by atoms with van der Waals surface area (Å²) in [6, 6.07) is 0. The first-order valence-corrected chi connectivity index (χ1v) is 8.85. The Hall–Kier alpha value is -2.11. The number of rotatable bonds is 5. The lowest BCUT2D eigenvalue weighted by Crippen LogP contribution is -2.43. The van der Waals surface area contributed by atoms with Gasteiger partial charge < -0.3 is 14.6 Å². The number of furan rings is 1. The molecule has 3 heterocycles. The van der Waals surface area contributed by atoms with E-state index in [0.29, 0.717) is 12.3 Å². The number of amides is 1. The molecule has 130 valence electrons. The monoisotopic (exact) mass is 330 g/mol. The summed E-state index contributed by atoms with van der Waals surface area (Å²) in [6.07, 6.45) is 5.60. The molecule has 0 bridgehead atoms. The lowest BCUT2D eigenvalue weighted by atomic mass is 9.96. The molecule has 1 fully saturated rings. The molecular weight excluding hydrogens is 304 g/mol. The van der Waals surface area contributed by atoms with Crippen molar-refractivity contribution in [3.63, 3.8) is 0 Å². The van der Waals surface area contributed by atoms with Gasteiger partial charge in [0.1, 0.15) is 17.9 Å². The lowest BCUT2D eigenvalue weighted by Gasteiger charge is -2.33. The molecule has 2 aromatic rings. The van der Waals surface area contributed by atoms with Crippen LogP contribution in [0.5, 0.6) is 0 Å². The lowest BCUT2D eigenvalue weighted by molar-refractivity contribution is -0.125. The Morgan fingerprint density at radius 1 is 1.42 bits per heavy atom. The van der Waals surface area contributed by atoms with Crippen molar-refractivity contribution in [2.45, 2.75) is 46.5 Å². The van der Waals surface area contributed by atoms with Crippen molar-refractivity contribution in [1.29, 1.82) is 0 Å². The van der Waals surface area contributed by atoms with E-state index in [4.69, 9.17) is 4.42 Å². The topological polar surface area (TPSA) is 71.3 Å². The van der Waals surface area contributed by atoms with Gasteiger partial charge in [-0.25, -0.2) is 9.97 Å². The fourth-order valence-corrected chi connectivity index (χ4v) is 3.32. The van der Waals surface area contributed by atoms with Gasteiger partial charge >= 0.3 is 0 Å². The molecule has 1 amide bonds. The molecule has 1 aliphatic heterocycles. The van der Waals surface area contributed by atoms with Gasteiger partial charge in [0.25, 0.3) is 0 Å². The standard InChI is InChI=1S/C18H26N4O2/c1-4-5-8-19-17(23)14-7-6-9-22(10-14)16-15-12(2)13(3)24-18(15)21-11-20-16/h11,14H,4-10H2,1-3H3,(H,19,23). The highest BCUT2D eigenvalue weighted by Crippen LogP contribution is 2.32. The van der Waals surface area contributed by atoms with E-state index < -0.39 is 0 Å². The highest BCUT2D eigenvalue weighted by molar-refractivity contribution is 5.90. The highest BCUT2D eigenvalue weighted by atomic mass is 16.3. The third-order valence-electron chi connectivity index (χ3n) is 4.87. The number of piperidine rings is 1. The predicted octanol–water partition coefficient (Wildman–Crippen LogP) is 2.97. The summed E-state index contributed by atoms with van der Waals surface area (Å²) in [5.74, 6) is 1.95. The summed E-state index contributed by atoms with van der Waals surface area (Å²) in [7, 11) is 0. The summed E-state index contributed by atoms with van der Waals surface area (Å²) in [4.78, 5) is 23.3. The molecule has 1 atom stereocenters. The van der Waals surface area contributed by atoms with E-state index in [1.165, 1.54) is 0 Å². The largest absolute Gasteiger partial charge is 0.443 e. The Labute approximate surface area is 142 Å². The molecule has 24 heavy (non-hydrogen) atoms. The molecule has 2 aromatic heterocycles. The van der Waals surface area contributed by atoms with Crippen molar-refractivity contribution in [2.24, 2.45) is 5.92 Å². The van der Waals surface area contributed by atoms with E-state index in [1.54, 1.807) is 6.33 Å². The van der Waals surface area contributed by atoms with Crippen molar-refractivity contribution < 1.29 is 9.21 Å². The van der Waals surface area contributed by atoms with Gasteiger partial charge in [0.15, 0.2) is 0 Å².